The normalized spacial score (nSPS) is 32.7. The number of aryl methyl sites for hydroxylation is 1. The van der Waals surface area contributed by atoms with E-state index in [-0.39, 0.29) is 35.3 Å². The summed E-state index contributed by atoms with van der Waals surface area (Å²) >= 11 is 0. The summed E-state index contributed by atoms with van der Waals surface area (Å²) in [5, 5.41) is 16.0. The maximum atomic E-state index is 13.7. The SMILES string of the molecule is COc1cc(C)c(O[C@H]2CC[C@@](C)(C(=O)O)CC2)cc1C(=O)N[C@@H]1[C@H]2CC[C@H](C2)[C@@H]1C(=O)NCC1(C)CCC1. The first kappa shape index (κ1) is 27.8. The molecule has 2 amide bonds. The van der Waals surface area contributed by atoms with Crippen LogP contribution in [0.15, 0.2) is 12.1 Å². The van der Waals surface area contributed by atoms with Gasteiger partial charge >= 0.3 is 5.97 Å². The molecule has 0 aliphatic heterocycles. The maximum Gasteiger partial charge on any atom is 0.309 e. The number of nitrogens with one attached hydrogen (secondary N) is 2. The Bertz CT molecular complexity index is 1120. The van der Waals surface area contributed by atoms with Gasteiger partial charge in [-0.25, -0.2) is 0 Å². The van der Waals surface area contributed by atoms with Crippen LogP contribution in [0.1, 0.15) is 94.0 Å². The maximum absolute atomic E-state index is 13.7. The van der Waals surface area contributed by atoms with Gasteiger partial charge in [-0.05, 0) is 107 Å². The summed E-state index contributed by atoms with van der Waals surface area (Å²) < 4.78 is 11.9. The van der Waals surface area contributed by atoms with Crippen molar-refractivity contribution in [1.82, 2.24) is 10.6 Å². The van der Waals surface area contributed by atoms with E-state index in [9.17, 15) is 19.5 Å². The Morgan fingerprint density at radius 1 is 1.00 bits per heavy atom. The summed E-state index contributed by atoms with van der Waals surface area (Å²) in [6, 6.07) is 3.38. The molecular formula is C31H44N2O6. The lowest BCUT2D eigenvalue weighted by molar-refractivity contribution is -0.150. The molecule has 0 radical (unpaired) electrons. The molecular weight excluding hydrogens is 496 g/mol. The Balaban J connectivity index is 1.28. The first-order valence-electron chi connectivity index (χ1n) is 14.7. The van der Waals surface area contributed by atoms with E-state index in [4.69, 9.17) is 9.47 Å². The van der Waals surface area contributed by atoms with Crippen molar-refractivity contribution in [1.29, 1.82) is 0 Å². The highest BCUT2D eigenvalue weighted by Crippen LogP contribution is 2.49. The van der Waals surface area contributed by atoms with E-state index in [1.807, 2.05) is 13.0 Å². The van der Waals surface area contributed by atoms with Crippen molar-refractivity contribution >= 4 is 17.8 Å². The molecule has 5 rings (SSSR count). The fourth-order valence-corrected chi connectivity index (χ4v) is 7.36. The number of amides is 2. The summed E-state index contributed by atoms with van der Waals surface area (Å²) in [6.07, 6.45) is 8.91. The quantitative estimate of drug-likeness (QED) is 0.412. The number of carbonyl (C=O) groups is 3. The lowest BCUT2D eigenvalue weighted by Gasteiger charge is -2.39. The van der Waals surface area contributed by atoms with Crippen LogP contribution in [0.25, 0.3) is 0 Å². The van der Waals surface area contributed by atoms with Gasteiger partial charge in [-0.3, -0.25) is 14.4 Å². The van der Waals surface area contributed by atoms with E-state index in [1.165, 1.54) is 6.42 Å². The van der Waals surface area contributed by atoms with Gasteiger partial charge in [-0.15, -0.1) is 0 Å². The van der Waals surface area contributed by atoms with Crippen LogP contribution >= 0.6 is 0 Å². The van der Waals surface area contributed by atoms with Gasteiger partial charge < -0.3 is 25.2 Å². The van der Waals surface area contributed by atoms with Gasteiger partial charge in [-0.1, -0.05) is 13.3 Å². The number of carbonyl (C=O) groups excluding carboxylic acids is 2. The molecule has 0 unspecified atom stereocenters. The molecule has 39 heavy (non-hydrogen) atoms. The molecule has 4 saturated carbocycles. The van der Waals surface area contributed by atoms with Gasteiger partial charge in [0.05, 0.1) is 30.1 Å². The van der Waals surface area contributed by atoms with Crippen molar-refractivity contribution < 1.29 is 29.0 Å². The summed E-state index contributed by atoms with van der Waals surface area (Å²) in [7, 11) is 1.55. The standard InChI is InChI=1S/C31H44N2O6/c1-18-14-24(38-4)22(16-23(18)39-21-8-12-31(3,13-9-21)29(36)37)27(34)33-26-20-7-6-19(15-20)25(26)28(35)32-17-30(2)10-5-11-30/h14,16,19-21,25-26H,5-13,15,17H2,1-4H3,(H,32,35)(H,33,34)(H,36,37)/t19-,20+,21-,25+,26-,31+/m1/s1. The smallest absolute Gasteiger partial charge is 0.309 e. The van der Waals surface area contributed by atoms with Gasteiger partial charge in [0, 0.05) is 12.6 Å². The molecule has 8 heteroatoms. The Morgan fingerprint density at radius 3 is 2.31 bits per heavy atom. The molecule has 1 aromatic rings. The number of benzene rings is 1. The van der Waals surface area contributed by atoms with Crippen molar-refractivity contribution in [3.8, 4) is 11.5 Å². The van der Waals surface area contributed by atoms with Crippen LogP contribution in [-0.2, 0) is 9.59 Å². The third-order valence-electron chi connectivity index (χ3n) is 10.4. The van der Waals surface area contributed by atoms with Gasteiger partial charge in [0.15, 0.2) is 0 Å². The molecule has 4 fully saturated rings. The van der Waals surface area contributed by atoms with E-state index >= 15 is 0 Å². The Hall–Kier alpha value is -2.77. The van der Waals surface area contributed by atoms with E-state index in [2.05, 4.69) is 17.6 Å². The molecule has 2 bridgehead atoms. The number of fused-ring (bicyclic) bond motifs is 2. The highest BCUT2D eigenvalue weighted by molar-refractivity contribution is 5.98. The minimum Gasteiger partial charge on any atom is -0.496 e. The number of ether oxygens (including phenoxy) is 2. The predicted molar refractivity (Wildman–Crippen MR) is 147 cm³/mol. The van der Waals surface area contributed by atoms with E-state index in [0.717, 1.165) is 37.7 Å². The molecule has 0 spiro atoms. The number of methoxy groups -OCH3 is 1. The number of hydrogen-bond donors (Lipinski definition) is 3. The van der Waals surface area contributed by atoms with E-state index in [1.54, 1.807) is 20.1 Å². The van der Waals surface area contributed by atoms with Crippen LogP contribution in [-0.4, -0.2) is 48.7 Å². The van der Waals surface area contributed by atoms with Gasteiger partial charge in [-0.2, -0.15) is 0 Å². The highest BCUT2D eigenvalue weighted by atomic mass is 16.5. The monoisotopic (exact) mass is 540 g/mol. The van der Waals surface area contributed by atoms with Crippen LogP contribution < -0.4 is 20.1 Å². The molecule has 214 valence electrons. The van der Waals surface area contributed by atoms with E-state index in [0.29, 0.717) is 61.1 Å². The van der Waals surface area contributed by atoms with Crippen molar-refractivity contribution in [2.75, 3.05) is 13.7 Å². The Kier molecular flexibility index (Phi) is 7.59. The van der Waals surface area contributed by atoms with Crippen molar-refractivity contribution in [2.24, 2.45) is 28.6 Å². The van der Waals surface area contributed by atoms with Crippen molar-refractivity contribution in [2.45, 2.75) is 97.1 Å². The lowest BCUT2D eigenvalue weighted by atomic mass is 9.70. The van der Waals surface area contributed by atoms with Gasteiger partial charge in [0.2, 0.25) is 5.91 Å². The lowest BCUT2D eigenvalue weighted by Crippen LogP contribution is -2.51. The fraction of sp³-hybridized carbons (Fsp3) is 0.710. The Morgan fingerprint density at radius 2 is 1.69 bits per heavy atom. The second-order valence-electron chi connectivity index (χ2n) is 13.2. The summed E-state index contributed by atoms with van der Waals surface area (Å²) in [6.45, 7) is 6.66. The molecule has 0 aromatic heterocycles. The van der Waals surface area contributed by atoms with Gasteiger partial charge in [0.25, 0.3) is 5.91 Å². The van der Waals surface area contributed by atoms with Crippen LogP contribution in [0, 0.1) is 35.5 Å². The number of rotatable bonds is 9. The minimum absolute atomic E-state index is 0.0752. The van der Waals surface area contributed by atoms with Crippen molar-refractivity contribution in [3.05, 3.63) is 23.3 Å². The first-order chi connectivity index (χ1) is 18.5. The third kappa shape index (κ3) is 5.48. The first-order valence-corrected chi connectivity index (χ1v) is 14.7. The Labute approximate surface area is 231 Å². The largest absolute Gasteiger partial charge is 0.496 e. The predicted octanol–water partition coefficient (Wildman–Crippen LogP) is 4.87. The number of carboxylic acids is 1. The molecule has 4 aliphatic rings. The van der Waals surface area contributed by atoms with Gasteiger partial charge in [0.1, 0.15) is 11.5 Å². The number of aliphatic carboxylic acids is 1. The summed E-state index contributed by atoms with van der Waals surface area (Å²) in [4.78, 5) is 38.6. The summed E-state index contributed by atoms with van der Waals surface area (Å²) in [5.74, 6) is 0.580. The van der Waals surface area contributed by atoms with E-state index < -0.39 is 11.4 Å². The molecule has 4 atom stereocenters. The number of hydrogen-bond acceptors (Lipinski definition) is 5. The number of carboxylic acid groups (broad SMARTS) is 1. The van der Waals surface area contributed by atoms with Crippen molar-refractivity contribution in [3.63, 3.8) is 0 Å². The van der Waals surface area contributed by atoms with Crippen LogP contribution in [0.2, 0.25) is 0 Å². The minimum atomic E-state index is -0.759. The average Bonchev–Trinajstić information content (AvgIpc) is 3.50. The molecule has 1 aromatic carbocycles. The molecule has 4 aliphatic carbocycles. The molecule has 0 heterocycles. The third-order valence-corrected chi connectivity index (χ3v) is 10.4. The summed E-state index contributed by atoms with van der Waals surface area (Å²) in [5.41, 5.74) is 0.756. The second kappa shape index (κ2) is 10.7. The second-order valence-corrected chi connectivity index (χ2v) is 13.2. The average molecular weight is 541 g/mol. The van der Waals surface area contributed by atoms with Crippen LogP contribution in [0.4, 0.5) is 0 Å². The van der Waals surface area contributed by atoms with Crippen LogP contribution in [0.5, 0.6) is 11.5 Å². The topological polar surface area (TPSA) is 114 Å². The highest BCUT2D eigenvalue weighted by Gasteiger charge is 2.51. The molecule has 8 nitrogen and oxygen atoms in total. The zero-order valence-corrected chi connectivity index (χ0v) is 23.8. The van der Waals surface area contributed by atoms with Crippen LogP contribution in [0.3, 0.4) is 0 Å². The fourth-order valence-electron chi connectivity index (χ4n) is 7.36. The molecule has 3 N–H and O–H groups in total. The zero-order chi connectivity index (χ0) is 27.9. The molecule has 0 saturated heterocycles. The zero-order valence-electron chi connectivity index (χ0n) is 23.8.